The first-order chi connectivity index (χ1) is 6.01. The molecule has 0 fully saturated rings. The Labute approximate surface area is 84.1 Å². The van der Waals surface area contributed by atoms with Crippen LogP contribution in [0.25, 0.3) is 0 Å². The second kappa shape index (κ2) is 4.06. The highest BCUT2D eigenvalue weighted by Gasteiger charge is 2.08. The van der Waals surface area contributed by atoms with E-state index in [1.54, 1.807) is 12.1 Å². The van der Waals surface area contributed by atoms with E-state index >= 15 is 0 Å². The number of rotatable bonds is 3. The van der Waals surface area contributed by atoms with Gasteiger partial charge in [-0.2, -0.15) is 8.42 Å². The minimum Gasteiger partial charge on any atom is -0.358 e. The van der Waals surface area contributed by atoms with Crippen LogP contribution in [0.2, 0.25) is 0 Å². The molecule has 1 aromatic rings. The highest BCUT2D eigenvalue weighted by molar-refractivity contribution is 9.08. The maximum atomic E-state index is 12.0. The van der Waals surface area contributed by atoms with E-state index in [-0.39, 0.29) is 5.75 Å². The average Bonchev–Trinajstić information content (AvgIpc) is 2.01. The molecule has 1 rings (SSSR count). The van der Waals surface area contributed by atoms with Crippen LogP contribution in [0, 0.1) is 0 Å². The van der Waals surface area contributed by atoms with Gasteiger partial charge in [-0.25, -0.2) is 0 Å². The van der Waals surface area contributed by atoms with Gasteiger partial charge in [-0.15, -0.1) is 0 Å². The van der Waals surface area contributed by atoms with Crippen molar-refractivity contribution in [3.63, 3.8) is 0 Å². The fourth-order valence-corrected chi connectivity index (χ4v) is 1.48. The number of alkyl halides is 1. The molecule has 0 unspecified atom stereocenters. The fourth-order valence-electron chi connectivity index (χ4n) is 0.795. The molecular weight excluding hydrogens is 263 g/mol. The van der Waals surface area contributed by atoms with Gasteiger partial charge in [-0.05, 0) is 17.7 Å². The van der Waals surface area contributed by atoms with E-state index < -0.39 is 10.5 Å². The monoisotopic (exact) mass is 268 g/mol. The molecule has 13 heavy (non-hydrogen) atoms. The molecule has 6 heteroatoms. The molecular formula is C7H6BrFO3S. The van der Waals surface area contributed by atoms with Gasteiger partial charge in [0.15, 0.2) is 0 Å². The predicted molar refractivity (Wildman–Crippen MR) is 49.7 cm³/mol. The molecule has 0 amide bonds. The van der Waals surface area contributed by atoms with Gasteiger partial charge in [0.1, 0.15) is 5.75 Å². The standard InChI is InChI=1S/C7H6BrFO3S/c8-5-6-2-1-3-7(4-6)12-13(9,10)11/h1-4H,5H2. The molecule has 0 N–H and O–H groups in total. The summed E-state index contributed by atoms with van der Waals surface area (Å²) < 4.78 is 36.3. The van der Waals surface area contributed by atoms with E-state index in [1.165, 1.54) is 12.1 Å². The Morgan fingerprint density at radius 1 is 1.46 bits per heavy atom. The summed E-state index contributed by atoms with van der Waals surface area (Å²) >= 11 is 3.17. The van der Waals surface area contributed by atoms with E-state index in [4.69, 9.17) is 0 Å². The maximum Gasteiger partial charge on any atom is 0.488 e. The van der Waals surface area contributed by atoms with Crippen molar-refractivity contribution in [3.8, 4) is 5.75 Å². The van der Waals surface area contributed by atoms with Gasteiger partial charge in [0, 0.05) is 5.33 Å². The van der Waals surface area contributed by atoms with Gasteiger partial charge < -0.3 is 4.18 Å². The van der Waals surface area contributed by atoms with Crippen molar-refractivity contribution >= 4 is 26.4 Å². The molecule has 0 aliphatic heterocycles. The zero-order valence-corrected chi connectivity index (χ0v) is 8.81. The van der Waals surface area contributed by atoms with Crippen LogP contribution in [0.15, 0.2) is 24.3 Å². The van der Waals surface area contributed by atoms with Crippen LogP contribution >= 0.6 is 15.9 Å². The summed E-state index contributed by atoms with van der Waals surface area (Å²) in [4.78, 5) is 0. The highest BCUT2D eigenvalue weighted by atomic mass is 79.9. The van der Waals surface area contributed by atoms with Gasteiger partial charge in [-0.3, -0.25) is 0 Å². The number of halogens is 2. The van der Waals surface area contributed by atoms with E-state index in [2.05, 4.69) is 20.1 Å². The fraction of sp³-hybridized carbons (Fsp3) is 0.143. The van der Waals surface area contributed by atoms with Gasteiger partial charge >= 0.3 is 10.5 Å². The maximum absolute atomic E-state index is 12.0. The smallest absolute Gasteiger partial charge is 0.358 e. The molecule has 0 aromatic heterocycles. The van der Waals surface area contributed by atoms with E-state index in [0.717, 1.165) is 5.56 Å². The lowest BCUT2D eigenvalue weighted by molar-refractivity contribution is 0.440. The van der Waals surface area contributed by atoms with E-state index in [0.29, 0.717) is 5.33 Å². The lowest BCUT2D eigenvalue weighted by Crippen LogP contribution is -2.01. The van der Waals surface area contributed by atoms with E-state index in [9.17, 15) is 12.3 Å². The molecule has 72 valence electrons. The van der Waals surface area contributed by atoms with Crippen LogP contribution in [-0.2, 0) is 15.8 Å². The molecule has 3 nitrogen and oxygen atoms in total. The molecule has 0 bridgehead atoms. The average molecular weight is 269 g/mol. The summed E-state index contributed by atoms with van der Waals surface area (Å²) in [5.41, 5.74) is 0.807. The minimum atomic E-state index is -4.92. The number of hydrogen-bond acceptors (Lipinski definition) is 3. The number of hydrogen-bond donors (Lipinski definition) is 0. The molecule has 0 aliphatic carbocycles. The largest absolute Gasteiger partial charge is 0.488 e. The zero-order chi connectivity index (χ0) is 9.90. The molecule has 0 atom stereocenters. The molecule has 0 saturated carbocycles. The summed E-state index contributed by atoms with van der Waals surface area (Å²) in [6.45, 7) is 0. The quantitative estimate of drug-likeness (QED) is 0.624. The summed E-state index contributed by atoms with van der Waals surface area (Å²) in [5.74, 6) is -0.0283. The minimum absolute atomic E-state index is 0.0283. The predicted octanol–water partition coefficient (Wildman–Crippen LogP) is 2.17. The first-order valence-corrected chi connectivity index (χ1v) is 5.73. The number of benzene rings is 1. The van der Waals surface area contributed by atoms with Crippen LogP contribution in [0.1, 0.15) is 5.56 Å². The Hall–Kier alpha value is -0.620. The van der Waals surface area contributed by atoms with Crippen LogP contribution in [-0.4, -0.2) is 8.42 Å². The lowest BCUT2D eigenvalue weighted by atomic mass is 10.2. The zero-order valence-electron chi connectivity index (χ0n) is 6.41. The van der Waals surface area contributed by atoms with Crippen molar-refractivity contribution < 1.29 is 16.5 Å². The Morgan fingerprint density at radius 2 is 2.15 bits per heavy atom. The highest BCUT2D eigenvalue weighted by Crippen LogP contribution is 2.17. The van der Waals surface area contributed by atoms with Gasteiger partial charge in [0.25, 0.3) is 0 Å². The second-order valence-corrected chi connectivity index (χ2v) is 3.77. The Bertz CT molecular complexity index is 390. The summed E-state index contributed by atoms with van der Waals surface area (Å²) in [5, 5.41) is 0.552. The topological polar surface area (TPSA) is 43.4 Å². The van der Waals surface area contributed by atoms with Gasteiger partial charge in [-0.1, -0.05) is 31.9 Å². The third-order valence-electron chi connectivity index (χ3n) is 1.25. The Balaban J connectivity index is 2.90. The van der Waals surface area contributed by atoms with Crippen molar-refractivity contribution in [2.45, 2.75) is 5.33 Å². The van der Waals surface area contributed by atoms with Crippen LogP contribution in [0.4, 0.5) is 3.89 Å². The molecule has 1 aromatic carbocycles. The van der Waals surface area contributed by atoms with Crippen molar-refractivity contribution in [1.29, 1.82) is 0 Å². The van der Waals surface area contributed by atoms with Crippen molar-refractivity contribution in [2.24, 2.45) is 0 Å². The van der Waals surface area contributed by atoms with Crippen LogP contribution < -0.4 is 4.18 Å². The van der Waals surface area contributed by atoms with E-state index in [1.807, 2.05) is 0 Å². The third kappa shape index (κ3) is 3.73. The summed E-state index contributed by atoms with van der Waals surface area (Å²) in [7, 11) is -4.92. The first kappa shape index (κ1) is 10.5. The molecule has 0 aliphatic rings. The second-order valence-electron chi connectivity index (χ2n) is 2.26. The first-order valence-electron chi connectivity index (χ1n) is 3.30. The third-order valence-corrected chi connectivity index (χ3v) is 2.29. The molecule has 0 heterocycles. The van der Waals surface area contributed by atoms with Gasteiger partial charge in [0.2, 0.25) is 0 Å². The molecule has 0 radical (unpaired) electrons. The molecule has 0 saturated heterocycles. The lowest BCUT2D eigenvalue weighted by Gasteiger charge is -2.00. The van der Waals surface area contributed by atoms with Crippen molar-refractivity contribution in [2.75, 3.05) is 0 Å². The van der Waals surface area contributed by atoms with Crippen LogP contribution in [0.5, 0.6) is 5.75 Å². The molecule has 0 spiro atoms. The van der Waals surface area contributed by atoms with Gasteiger partial charge in [0.05, 0.1) is 0 Å². The van der Waals surface area contributed by atoms with Crippen molar-refractivity contribution in [3.05, 3.63) is 29.8 Å². The SMILES string of the molecule is O=S(=O)(F)Oc1cccc(CBr)c1. The summed E-state index contributed by atoms with van der Waals surface area (Å²) in [6.07, 6.45) is 0. The van der Waals surface area contributed by atoms with Crippen molar-refractivity contribution in [1.82, 2.24) is 0 Å². The van der Waals surface area contributed by atoms with Crippen LogP contribution in [0.3, 0.4) is 0 Å². The normalized spacial score (nSPS) is 11.2. The Morgan fingerprint density at radius 3 is 2.69 bits per heavy atom. The Kier molecular flexibility index (Phi) is 3.27. The summed E-state index contributed by atoms with van der Waals surface area (Å²) in [6, 6.07) is 6.14.